The Morgan fingerprint density at radius 3 is 2.47 bits per heavy atom. The number of ether oxygens (including phenoxy) is 1. The molecule has 3 N–H and O–H groups in total. The predicted octanol–water partition coefficient (Wildman–Crippen LogP) is 1.54. The highest BCUT2D eigenvalue weighted by atomic mass is 19.1. The van der Waals surface area contributed by atoms with Crippen LogP contribution in [-0.4, -0.2) is 89.2 Å². The lowest BCUT2D eigenvalue weighted by molar-refractivity contribution is 0.0904. The van der Waals surface area contributed by atoms with Crippen LogP contribution in [0.15, 0.2) is 42.5 Å². The van der Waals surface area contributed by atoms with E-state index in [9.17, 15) is 13.6 Å². The number of nitrogens with zero attached hydrogens (tertiary/aromatic N) is 3. The molecular formula is C31H36B2F2N6O2. The number of carbonyl (C=O) groups is 1. The number of hydrogen-bond donors (Lipinski definition) is 3. The molecule has 8 nitrogen and oxygen atoms in total. The summed E-state index contributed by atoms with van der Waals surface area (Å²) in [6.45, 7) is 5.24. The van der Waals surface area contributed by atoms with E-state index in [-0.39, 0.29) is 11.9 Å². The first-order valence-corrected chi connectivity index (χ1v) is 14.9. The molecule has 0 aliphatic carbocycles. The van der Waals surface area contributed by atoms with Crippen molar-refractivity contribution >= 4 is 60.6 Å². The first-order chi connectivity index (χ1) is 20.7. The zero-order valence-corrected chi connectivity index (χ0v) is 24.9. The molecule has 2 saturated heterocycles. The van der Waals surface area contributed by atoms with E-state index in [0.717, 1.165) is 78.2 Å². The van der Waals surface area contributed by atoms with Crippen molar-refractivity contribution < 1.29 is 18.3 Å². The lowest BCUT2D eigenvalue weighted by Crippen LogP contribution is -2.48. The van der Waals surface area contributed by atoms with Gasteiger partial charge in [0.25, 0.3) is 5.91 Å². The van der Waals surface area contributed by atoms with Crippen LogP contribution in [0.5, 0.6) is 0 Å². The van der Waals surface area contributed by atoms with E-state index in [4.69, 9.17) is 4.74 Å². The van der Waals surface area contributed by atoms with Gasteiger partial charge in [-0.3, -0.25) is 9.89 Å². The van der Waals surface area contributed by atoms with E-state index in [1.165, 1.54) is 17.8 Å². The number of amides is 1. The fraction of sp³-hybridized carbons (Fsp3) is 0.355. The Morgan fingerprint density at radius 2 is 1.74 bits per heavy atom. The number of H-pyrrole nitrogens is 1. The van der Waals surface area contributed by atoms with Gasteiger partial charge in [0.2, 0.25) is 0 Å². The highest BCUT2D eigenvalue weighted by Gasteiger charge is 2.26. The minimum Gasteiger partial charge on any atom is -0.382 e. The summed E-state index contributed by atoms with van der Waals surface area (Å²) in [4.78, 5) is 18.7. The van der Waals surface area contributed by atoms with Crippen LogP contribution in [0.3, 0.4) is 0 Å². The normalized spacial score (nSPS) is 16.5. The van der Waals surface area contributed by atoms with Crippen LogP contribution in [0.2, 0.25) is 0 Å². The Hall–Kier alpha value is -3.89. The van der Waals surface area contributed by atoms with E-state index in [0.29, 0.717) is 36.6 Å². The van der Waals surface area contributed by atoms with Crippen molar-refractivity contribution in [3.05, 3.63) is 70.8 Å². The lowest BCUT2D eigenvalue weighted by Gasteiger charge is -2.37. The van der Waals surface area contributed by atoms with E-state index in [1.54, 1.807) is 0 Å². The number of fused-ring (bicyclic) bond motifs is 1. The first-order valence-electron chi connectivity index (χ1n) is 14.9. The van der Waals surface area contributed by atoms with Gasteiger partial charge in [-0.2, -0.15) is 5.10 Å². The summed E-state index contributed by atoms with van der Waals surface area (Å²) in [6, 6.07) is 11.4. The van der Waals surface area contributed by atoms with Gasteiger partial charge in [-0.1, -0.05) is 17.6 Å². The summed E-state index contributed by atoms with van der Waals surface area (Å²) in [6.07, 6.45) is 2.09. The molecule has 2 aliphatic rings. The van der Waals surface area contributed by atoms with Gasteiger partial charge in [-0.15, -0.1) is 0 Å². The molecule has 0 unspecified atom stereocenters. The third kappa shape index (κ3) is 6.40. The third-order valence-corrected chi connectivity index (χ3v) is 8.56. The molecule has 3 aromatic carbocycles. The monoisotopic (exact) mass is 584 g/mol. The molecule has 0 atom stereocenters. The molecule has 1 amide bonds. The Kier molecular flexibility index (Phi) is 8.41. The van der Waals surface area contributed by atoms with Crippen molar-refractivity contribution in [2.75, 3.05) is 62.0 Å². The zero-order chi connectivity index (χ0) is 30.1. The van der Waals surface area contributed by atoms with Crippen molar-refractivity contribution in [3.63, 3.8) is 0 Å². The van der Waals surface area contributed by atoms with E-state index in [2.05, 4.69) is 53.4 Å². The summed E-state index contributed by atoms with van der Waals surface area (Å²) >= 11 is 0. The smallest absolute Gasteiger partial charge is 0.258 e. The fourth-order valence-corrected chi connectivity index (χ4v) is 6.29. The maximum atomic E-state index is 14.0. The maximum Gasteiger partial charge on any atom is 0.258 e. The summed E-state index contributed by atoms with van der Waals surface area (Å²) in [7, 11) is 6.32. The van der Waals surface area contributed by atoms with Gasteiger partial charge >= 0.3 is 0 Å². The van der Waals surface area contributed by atoms with Gasteiger partial charge in [-0.25, -0.2) is 8.78 Å². The average Bonchev–Trinajstić information content (AvgIpc) is 3.37. The van der Waals surface area contributed by atoms with Crippen molar-refractivity contribution in [1.29, 1.82) is 0 Å². The number of rotatable bonds is 7. The summed E-state index contributed by atoms with van der Waals surface area (Å²) < 4.78 is 33.1. The highest BCUT2D eigenvalue weighted by molar-refractivity contribution is 6.47. The molecule has 0 saturated carbocycles. The van der Waals surface area contributed by atoms with Gasteiger partial charge in [-0.05, 0) is 67.2 Å². The second-order valence-corrected chi connectivity index (χ2v) is 11.8. The minimum atomic E-state index is -0.610. The van der Waals surface area contributed by atoms with Gasteiger partial charge in [0.15, 0.2) is 5.82 Å². The number of likely N-dealkylation sites (N-methyl/N-ethyl adjacent to an activating group) is 1. The summed E-state index contributed by atoms with van der Waals surface area (Å²) in [5, 5.41) is 14.9. The average molecular weight is 584 g/mol. The van der Waals surface area contributed by atoms with E-state index in [1.807, 2.05) is 24.3 Å². The number of nitrogens with one attached hydrogen (secondary N) is 3. The number of halogens is 2. The second kappa shape index (κ2) is 12.4. The number of anilines is 3. The molecule has 0 radical (unpaired) electrons. The molecule has 2 fully saturated rings. The quantitative estimate of drug-likeness (QED) is 0.286. The van der Waals surface area contributed by atoms with Crippen LogP contribution >= 0.6 is 0 Å². The van der Waals surface area contributed by atoms with Gasteiger partial charge in [0.1, 0.15) is 27.3 Å². The van der Waals surface area contributed by atoms with Gasteiger partial charge in [0, 0.05) is 68.3 Å². The Bertz CT molecular complexity index is 1630. The Labute approximate surface area is 252 Å². The lowest BCUT2D eigenvalue weighted by atomic mass is 9.79. The molecule has 0 spiro atoms. The number of piperazine rings is 1. The highest BCUT2D eigenvalue weighted by Crippen LogP contribution is 2.27. The molecule has 1 aromatic heterocycles. The molecule has 2 aliphatic heterocycles. The van der Waals surface area contributed by atoms with E-state index < -0.39 is 11.6 Å². The second-order valence-electron chi connectivity index (χ2n) is 11.8. The van der Waals surface area contributed by atoms with Crippen molar-refractivity contribution in [3.8, 4) is 0 Å². The molecule has 6 rings (SSSR count). The van der Waals surface area contributed by atoms with Gasteiger partial charge < -0.3 is 25.2 Å². The minimum absolute atomic E-state index is 0.212. The predicted molar refractivity (Wildman–Crippen MR) is 173 cm³/mol. The summed E-state index contributed by atoms with van der Waals surface area (Å²) in [5.74, 6) is -1.07. The standard InChI is InChI=1S/C31H36B2F2N6O2/c1-40-6-8-41(9-7-40)29-25(32)17-24(28(27(29)33)36-22-4-10-43-11-5-22)31(42)37-30-23-15-18(2-3-26(23)38-39-30)12-19-13-20(34)16-21(35)14-19/h2-3,13-17,22,36H,4-12,32-33H2,1H3,(H2,37,38,39,42). The molecule has 3 heterocycles. The topological polar surface area (TPSA) is 85.5 Å². The van der Waals surface area contributed by atoms with Crippen LogP contribution in [0, 0.1) is 11.6 Å². The molecule has 43 heavy (non-hydrogen) atoms. The Morgan fingerprint density at radius 1 is 1.02 bits per heavy atom. The largest absolute Gasteiger partial charge is 0.382 e. The summed E-state index contributed by atoms with van der Waals surface area (Å²) in [5.41, 5.74) is 6.85. The van der Waals surface area contributed by atoms with Crippen molar-refractivity contribution in [2.45, 2.75) is 25.3 Å². The number of carbonyl (C=O) groups excluding carboxylic acids is 1. The van der Waals surface area contributed by atoms with Crippen LogP contribution in [0.4, 0.5) is 26.0 Å². The fourth-order valence-electron chi connectivity index (χ4n) is 6.29. The van der Waals surface area contributed by atoms with Gasteiger partial charge in [0.05, 0.1) is 11.1 Å². The van der Waals surface area contributed by atoms with Crippen molar-refractivity contribution in [2.24, 2.45) is 0 Å². The van der Waals surface area contributed by atoms with Crippen LogP contribution in [0.25, 0.3) is 10.9 Å². The van der Waals surface area contributed by atoms with Crippen LogP contribution < -0.4 is 26.5 Å². The van der Waals surface area contributed by atoms with Crippen LogP contribution in [-0.2, 0) is 11.2 Å². The molecule has 12 heteroatoms. The zero-order valence-electron chi connectivity index (χ0n) is 24.9. The SMILES string of the molecule is Bc1cc(C(=O)Nc2n[nH]c3ccc(Cc4cc(F)cc(F)c4)cc23)c(NC2CCOCC2)c(B)c1N1CCN(C)CC1. The molecular weight excluding hydrogens is 548 g/mol. The number of aromatic amines is 1. The van der Waals surface area contributed by atoms with Crippen LogP contribution in [0.1, 0.15) is 34.3 Å². The molecule has 222 valence electrons. The number of aromatic nitrogens is 2. The number of hydrogen-bond acceptors (Lipinski definition) is 6. The maximum absolute atomic E-state index is 14.0. The van der Waals surface area contributed by atoms with Crippen molar-refractivity contribution in [1.82, 2.24) is 15.1 Å². The molecule has 0 bridgehead atoms. The Balaban J connectivity index is 1.31. The molecule has 4 aromatic rings. The first kappa shape index (κ1) is 29.2. The van der Waals surface area contributed by atoms with E-state index >= 15 is 0 Å². The third-order valence-electron chi connectivity index (χ3n) is 8.56. The number of benzene rings is 3.